The molecule has 0 spiro atoms. The molecule has 1 heterocycles. The van der Waals surface area contributed by atoms with Gasteiger partial charge in [-0.3, -0.25) is 0 Å². The highest BCUT2D eigenvalue weighted by Gasteiger charge is 2.07. The van der Waals surface area contributed by atoms with E-state index in [2.05, 4.69) is 26.2 Å². The third kappa shape index (κ3) is 3.78. The SMILES string of the molecule is COCCCn1ccnc1Nc1cc(Br)ccc1F. The summed E-state index contributed by atoms with van der Waals surface area (Å²) >= 11 is 3.32. The molecule has 0 amide bonds. The fourth-order valence-electron chi connectivity index (χ4n) is 1.71. The van der Waals surface area contributed by atoms with Gasteiger partial charge in [-0.05, 0) is 24.6 Å². The molecular weight excluding hydrogens is 313 g/mol. The van der Waals surface area contributed by atoms with Crippen molar-refractivity contribution in [3.8, 4) is 0 Å². The lowest BCUT2D eigenvalue weighted by atomic mass is 10.3. The molecule has 0 atom stereocenters. The molecule has 0 unspecified atom stereocenters. The van der Waals surface area contributed by atoms with Gasteiger partial charge < -0.3 is 14.6 Å². The second kappa shape index (κ2) is 6.68. The molecule has 0 saturated heterocycles. The smallest absolute Gasteiger partial charge is 0.207 e. The Bertz CT molecular complexity index is 544. The number of hydrogen-bond donors (Lipinski definition) is 1. The van der Waals surface area contributed by atoms with Crippen LogP contribution in [0.15, 0.2) is 35.1 Å². The van der Waals surface area contributed by atoms with Crippen LogP contribution >= 0.6 is 15.9 Å². The van der Waals surface area contributed by atoms with E-state index in [9.17, 15) is 4.39 Å². The fourth-order valence-corrected chi connectivity index (χ4v) is 2.07. The van der Waals surface area contributed by atoms with Crippen molar-refractivity contribution in [2.45, 2.75) is 13.0 Å². The maximum absolute atomic E-state index is 13.7. The molecule has 1 aromatic carbocycles. The number of ether oxygens (including phenoxy) is 1. The quantitative estimate of drug-likeness (QED) is 0.824. The molecule has 6 heteroatoms. The minimum atomic E-state index is -0.311. The molecule has 2 aromatic rings. The lowest BCUT2D eigenvalue weighted by Crippen LogP contribution is -2.06. The summed E-state index contributed by atoms with van der Waals surface area (Å²) in [6, 6.07) is 4.75. The maximum Gasteiger partial charge on any atom is 0.207 e. The van der Waals surface area contributed by atoms with Crippen LogP contribution in [0.1, 0.15) is 6.42 Å². The summed E-state index contributed by atoms with van der Waals surface area (Å²) in [6.45, 7) is 1.45. The summed E-state index contributed by atoms with van der Waals surface area (Å²) in [5, 5.41) is 2.99. The Morgan fingerprint density at radius 3 is 3.11 bits per heavy atom. The minimum absolute atomic E-state index is 0.311. The van der Waals surface area contributed by atoms with Crippen LogP contribution in [0.2, 0.25) is 0 Å². The number of anilines is 2. The molecule has 2 rings (SSSR count). The zero-order valence-electron chi connectivity index (χ0n) is 10.6. The van der Waals surface area contributed by atoms with E-state index in [1.807, 2.05) is 10.8 Å². The van der Waals surface area contributed by atoms with Gasteiger partial charge in [0.15, 0.2) is 0 Å². The second-order valence-corrected chi connectivity index (χ2v) is 4.96. The fraction of sp³-hybridized carbons (Fsp3) is 0.308. The van der Waals surface area contributed by atoms with E-state index in [0.717, 1.165) is 17.4 Å². The van der Waals surface area contributed by atoms with Gasteiger partial charge in [0.1, 0.15) is 5.82 Å². The number of hydrogen-bond acceptors (Lipinski definition) is 3. The van der Waals surface area contributed by atoms with Crippen LogP contribution in [0.3, 0.4) is 0 Å². The number of aryl methyl sites for hydroxylation is 1. The van der Waals surface area contributed by atoms with Gasteiger partial charge in [-0.2, -0.15) is 0 Å². The third-order valence-electron chi connectivity index (χ3n) is 2.64. The highest BCUT2D eigenvalue weighted by molar-refractivity contribution is 9.10. The third-order valence-corrected chi connectivity index (χ3v) is 3.13. The molecule has 0 aliphatic carbocycles. The molecule has 1 N–H and O–H groups in total. The van der Waals surface area contributed by atoms with E-state index in [1.54, 1.807) is 25.4 Å². The summed E-state index contributed by atoms with van der Waals surface area (Å²) in [4.78, 5) is 4.19. The largest absolute Gasteiger partial charge is 0.385 e. The number of aromatic nitrogens is 2. The zero-order chi connectivity index (χ0) is 13.7. The van der Waals surface area contributed by atoms with E-state index in [0.29, 0.717) is 18.2 Å². The van der Waals surface area contributed by atoms with E-state index in [-0.39, 0.29) is 5.82 Å². The van der Waals surface area contributed by atoms with Gasteiger partial charge in [0.05, 0.1) is 5.69 Å². The van der Waals surface area contributed by atoms with Crippen LogP contribution in [-0.4, -0.2) is 23.3 Å². The molecule has 0 fully saturated rings. The molecule has 0 bridgehead atoms. The van der Waals surface area contributed by atoms with E-state index in [4.69, 9.17) is 4.74 Å². The van der Waals surface area contributed by atoms with Crippen LogP contribution in [0, 0.1) is 5.82 Å². The number of rotatable bonds is 6. The van der Waals surface area contributed by atoms with E-state index >= 15 is 0 Å². The maximum atomic E-state index is 13.7. The Morgan fingerprint density at radius 2 is 2.32 bits per heavy atom. The first kappa shape index (κ1) is 14.0. The summed E-state index contributed by atoms with van der Waals surface area (Å²) < 4.78 is 21.4. The predicted molar refractivity (Wildman–Crippen MR) is 76.1 cm³/mol. The average Bonchev–Trinajstić information content (AvgIpc) is 2.82. The van der Waals surface area contributed by atoms with Crippen molar-refractivity contribution in [3.05, 3.63) is 40.9 Å². The Hall–Kier alpha value is -1.40. The van der Waals surface area contributed by atoms with Crippen LogP contribution in [0.5, 0.6) is 0 Å². The minimum Gasteiger partial charge on any atom is -0.385 e. The number of nitrogens with one attached hydrogen (secondary N) is 1. The molecule has 19 heavy (non-hydrogen) atoms. The Balaban J connectivity index is 2.10. The van der Waals surface area contributed by atoms with Crippen molar-refractivity contribution in [2.75, 3.05) is 19.0 Å². The number of imidazole rings is 1. The standard InChI is InChI=1S/C13H15BrFN3O/c1-19-8-2-6-18-7-5-16-13(18)17-12-9-10(14)3-4-11(12)15/h3-5,7,9H,2,6,8H2,1H3,(H,16,17). The van der Waals surface area contributed by atoms with Crippen molar-refractivity contribution < 1.29 is 9.13 Å². The summed E-state index contributed by atoms with van der Waals surface area (Å²) in [7, 11) is 1.67. The molecule has 4 nitrogen and oxygen atoms in total. The topological polar surface area (TPSA) is 39.1 Å². The molecule has 0 aliphatic rings. The van der Waals surface area contributed by atoms with Gasteiger partial charge in [0.25, 0.3) is 0 Å². The second-order valence-electron chi connectivity index (χ2n) is 4.04. The lowest BCUT2D eigenvalue weighted by molar-refractivity contribution is 0.190. The number of methoxy groups -OCH3 is 1. The summed E-state index contributed by atoms with van der Waals surface area (Å²) in [5.41, 5.74) is 0.397. The van der Waals surface area contributed by atoms with E-state index < -0.39 is 0 Å². The lowest BCUT2D eigenvalue weighted by Gasteiger charge is -2.10. The summed E-state index contributed by atoms with van der Waals surface area (Å²) in [5.74, 6) is 0.308. The predicted octanol–water partition coefficient (Wildman–Crippen LogP) is 3.56. The van der Waals surface area contributed by atoms with Gasteiger partial charge >= 0.3 is 0 Å². The van der Waals surface area contributed by atoms with Crippen LogP contribution in [0.25, 0.3) is 0 Å². The van der Waals surface area contributed by atoms with Crippen LogP contribution < -0.4 is 5.32 Å². The van der Waals surface area contributed by atoms with Crippen molar-refractivity contribution in [1.29, 1.82) is 0 Å². The number of halogens is 2. The van der Waals surface area contributed by atoms with Gasteiger partial charge in [0.2, 0.25) is 5.95 Å². The zero-order valence-corrected chi connectivity index (χ0v) is 12.2. The van der Waals surface area contributed by atoms with Crippen molar-refractivity contribution >= 4 is 27.6 Å². The van der Waals surface area contributed by atoms with Crippen LogP contribution in [0.4, 0.5) is 16.0 Å². The number of nitrogens with zero attached hydrogens (tertiary/aromatic N) is 2. The van der Waals surface area contributed by atoms with Gasteiger partial charge in [-0.15, -0.1) is 0 Å². The monoisotopic (exact) mass is 327 g/mol. The Morgan fingerprint density at radius 1 is 1.47 bits per heavy atom. The molecule has 0 saturated carbocycles. The van der Waals surface area contributed by atoms with Crippen molar-refractivity contribution in [1.82, 2.24) is 9.55 Å². The first-order valence-electron chi connectivity index (χ1n) is 5.93. The molecule has 0 aliphatic heterocycles. The normalized spacial score (nSPS) is 10.7. The van der Waals surface area contributed by atoms with Gasteiger partial charge in [-0.25, -0.2) is 9.37 Å². The average molecular weight is 328 g/mol. The van der Waals surface area contributed by atoms with E-state index in [1.165, 1.54) is 6.07 Å². The highest BCUT2D eigenvalue weighted by atomic mass is 79.9. The van der Waals surface area contributed by atoms with Crippen molar-refractivity contribution in [2.24, 2.45) is 0 Å². The highest BCUT2D eigenvalue weighted by Crippen LogP contribution is 2.23. The first-order valence-corrected chi connectivity index (χ1v) is 6.72. The number of benzene rings is 1. The Kier molecular flexibility index (Phi) is 4.93. The van der Waals surface area contributed by atoms with Gasteiger partial charge in [-0.1, -0.05) is 15.9 Å². The molecule has 1 aromatic heterocycles. The molecule has 0 radical (unpaired) electrons. The molecular formula is C13H15BrFN3O. The van der Waals surface area contributed by atoms with Crippen LogP contribution in [-0.2, 0) is 11.3 Å². The van der Waals surface area contributed by atoms with Crippen molar-refractivity contribution in [3.63, 3.8) is 0 Å². The van der Waals surface area contributed by atoms with Gasteiger partial charge in [0, 0.05) is 37.1 Å². The summed E-state index contributed by atoms with van der Waals surface area (Å²) in [6.07, 6.45) is 4.42. The first-order chi connectivity index (χ1) is 9.20. The Labute approximate surface area is 119 Å². The molecule has 102 valence electrons.